The van der Waals surface area contributed by atoms with E-state index in [0.717, 1.165) is 10.6 Å². The zero-order chi connectivity index (χ0) is 23.0. The fourth-order valence-corrected chi connectivity index (χ4v) is 9.64. The number of rotatable bonds is 1. The van der Waals surface area contributed by atoms with Crippen LogP contribution in [0.5, 0.6) is 0 Å². The van der Waals surface area contributed by atoms with Gasteiger partial charge in [-0.2, -0.15) is 0 Å². The summed E-state index contributed by atoms with van der Waals surface area (Å²) >= 11 is 1.40. The molecule has 8 nitrogen and oxygen atoms in total. The number of carbonyl (C=O) groups is 2. The summed E-state index contributed by atoms with van der Waals surface area (Å²) in [5, 5.41) is 38.2. The molecule has 32 heavy (non-hydrogen) atoms. The molecule has 9 heteroatoms. The molecule has 3 saturated carbocycles. The summed E-state index contributed by atoms with van der Waals surface area (Å²) in [4.78, 5) is 31.2. The average Bonchev–Trinajstić information content (AvgIpc) is 3.12. The van der Waals surface area contributed by atoms with Gasteiger partial charge in [-0.15, -0.1) is 11.3 Å². The third-order valence-corrected chi connectivity index (χ3v) is 10.1. The first kappa shape index (κ1) is 20.9. The quantitative estimate of drug-likeness (QED) is 0.463. The number of hydrogen-bond donors (Lipinski definition) is 4. The molecule has 2 spiro atoms. The Morgan fingerprint density at radius 3 is 2.69 bits per heavy atom. The van der Waals surface area contributed by atoms with Crippen LogP contribution in [0.4, 0.5) is 5.13 Å². The van der Waals surface area contributed by atoms with Gasteiger partial charge in [0.2, 0.25) is 11.7 Å². The van der Waals surface area contributed by atoms with Crippen molar-refractivity contribution in [2.75, 3.05) is 11.9 Å². The Morgan fingerprint density at radius 1 is 1.28 bits per heavy atom. The van der Waals surface area contributed by atoms with E-state index in [1.807, 2.05) is 0 Å². The highest BCUT2D eigenvalue weighted by molar-refractivity contribution is 7.15. The molecule has 1 amide bonds. The van der Waals surface area contributed by atoms with Gasteiger partial charge in [-0.05, 0) is 36.2 Å². The number of aromatic nitrogens is 1. The standard InChI is InChI=1S/C23H28N2O6S/c1-9-11-5-6-13-21-8-31-23(30,22(13,16(9)27)17(11)28)18(29)14(21)20(3,4)7-12-15(21)25-19(32-12)24-10(2)26/h11,13-14,17-18,28-30H,1,5-8H2,2-4H3,(H,24,25,26)/t11?,13-,14+,17+,18-,21-,22-,23?/m0/s1. The minimum absolute atomic E-state index is 0.0917. The fourth-order valence-electron chi connectivity index (χ4n) is 8.30. The molecule has 172 valence electrons. The van der Waals surface area contributed by atoms with Crippen LogP contribution >= 0.6 is 11.3 Å². The number of fused-ring (bicyclic) bond motifs is 3. The van der Waals surface area contributed by atoms with E-state index in [0.29, 0.717) is 30.0 Å². The minimum atomic E-state index is -2.19. The maximum absolute atomic E-state index is 13.7. The SMILES string of the molecule is C=C1C(=O)[C@]23[C@H](O)C1CC[C@H]2[C@@]12COC3(O)[C@@H](O)[C@@H]1C(C)(C)Cc1sc(NC(C)=O)nc12. The van der Waals surface area contributed by atoms with Crippen molar-refractivity contribution in [2.45, 2.75) is 63.4 Å². The Labute approximate surface area is 189 Å². The Hall–Kier alpha value is -1.65. The lowest BCUT2D eigenvalue weighted by molar-refractivity contribution is -0.429. The van der Waals surface area contributed by atoms with Gasteiger partial charge in [-0.1, -0.05) is 20.4 Å². The third kappa shape index (κ3) is 1.95. The molecule has 6 aliphatic rings. The highest BCUT2D eigenvalue weighted by Crippen LogP contribution is 2.75. The molecule has 2 aliphatic heterocycles. The summed E-state index contributed by atoms with van der Waals surface area (Å²) in [5.74, 6) is -4.17. The summed E-state index contributed by atoms with van der Waals surface area (Å²) in [7, 11) is 0. The lowest BCUT2D eigenvalue weighted by atomic mass is 9.36. The molecule has 2 unspecified atom stereocenters. The van der Waals surface area contributed by atoms with Gasteiger partial charge in [-0.3, -0.25) is 9.59 Å². The average molecular weight is 461 g/mol. The summed E-state index contributed by atoms with van der Waals surface area (Å²) < 4.78 is 6.02. The zero-order valence-corrected chi connectivity index (χ0v) is 19.2. The van der Waals surface area contributed by atoms with Crippen molar-refractivity contribution in [3.8, 4) is 0 Å². The number of aliphatic hydroxyl groups excluding tert-OH is 2. The minimum Gasteiger partial charge on any atom is -0.391 e. The number of hydrogen-bond acceptors (Lipinski definition) is 8. The number of thiazole rings is 1. The van der Waals surface area contributed by atoms with Crippen LogP contribution in [0, 0.1) is 28.6 Å². The third-order valence-electron chi connectivity index (χ3n) is 9.18. The largest absolute Gasteiger partial charge is 0.391 e. The number of anilines is 1. The van der Waals surface area contributed by atoms with Crippen LogP contribution in [0.25, 0.3) is 0 Å². The maximum Gasteiger partial charge on any atom is 0.223 e. The Bertz CT molecular complexity index is 1100. The van der Waals surface area contributed by atoms with E-state index in [2.05, 4.69) is 25.7 Å². The van der Waals surface area contributed by atoms with Crippen LogP contribution in [-0.4, -0.2) is 56.6 Å². The summed E-state index contributed by atoms with van der Waals surface area (Å²) in [6.07, 6.45) is -0.781. The van der Waals surface area contributed by atoms with E-state index < -0.39 is 57.8 Å². The second-order valence-corrected chi connectivity index (χ2v) is 12.1. The number of nitrogens with zero attached hydrogens (tertiary/aromatic N) is 1. The molecule has 5 fully saturated rings. The van der Waals surface area contributed by atoms with Crippen LogP contribution in [0.3, 0.4) is 0 Å². The topological polar surface area (TPSA) is 129 Å². The highest BCUT2D eigenvalue weighted by Gasteiger charge is 2.86. The molecule has 7 rings (SSSR count). The maximum atomic E-state index is 13.7. The normalized spacial score (nSPS) is 47.6. The van der Waals surface area contributed by atoms with Crippen molar-refractivity contribution in [3.63, 3.8) is 0 Å². The van der Waals surface area contributed by atoms with Crippen molar-refractivity contribution in [2.24, 2.45) is 28.6 Å². The molecule has 0 aromatic carbocycles. The molecule has 1 aromatic heterocycles. The second-order valence-electron chi connectivity index (χ2n) is 11.0. The Kier molecular flexibility index (Phi) is 3.84. The van der Waals surface area contributed by atoms with Crippen LogP contribution in [0.2, 0.25) is 0 Å². The van der Waals surface area contributed by atoms with E-state index in [-0.39, 0.29) is 12.5 Å². The van der Waals surface area contributed by atoms with Crippen LogP contribution in [0.15, 0.2) is 12.2 Å². The van der Waals surface area contributed by atoms with Crippen molar-refractivity contribution < 1.29 is 29.6 Å². The molecule has 4 N–H and O–H groups in total. The van der Waals surface area contributed by atoms with Crippen molar-refractivity contribution in [3.05, 3.63) is 22.7 Å². The Morgan fingerprint density at radius 2 is 2.00 bits per heavy atom. The molecule has 4 bridgehead atoms. The molecule has 8 atom stereocenters. The predicted molar refractivity (Wildman–Crippen MR) is 115 cm³/mol. The first-order chi connectivity index (χ1) is 14.9. The number of ketones is 1. The fraction of sp³-hybridized carbons (Fsp3) is 0.696. The van der Waals surface area contributed by atoms with Gasteiger partial charge in [0.1, 0.15) is 11.5 Å². The lowest BCUT2D eigenvalue weighted by Crippen LogP contribution is -2.85. The summed E-state index contributed by atoms with van der Waals surface area (Å²) in [6, 6.07) is 0. The lowest BCUT2D eigenvalue weighted by Gasteiger charge is -2.73. The van der Waals surface area contributed by atoms with Gasteiger partial charge in [-0.25, -0.2) is 4.98 Å². The zero-order valence-electron chi connectivity index (χ0n) is 18.3. The van der Waals surface area contributed by atoms with E-state index in [1.165, 1.54) is 18.3 Å². The number of Topliss-reactive ketones (excluding diaryl/α,β-unsaturated/α-hetero) is 1. The smallest absolute Gasteiger partial charge is 0.223 e. The highest BCUT2D eigenvalue weighted by atomic mass is 32.1. The van der Waals surface area contributed by atoms with E-state index in [1.54, 1.807) is 0 Å². The van der Waals surface area contributed by atoms with Crippen LogP contribution in [-0.2, 0) is 26.2 Å². The van der Waals surface area contributed by atoms with Gasteiger partial charge < -0.3 is 25.4 Å². The van der Waals surface area contributed by atoms with Crippen molar-refractivity contribution >= 4 is 28.2 Å². The van der Waals surface area contributed by atoms with Crippen LogP contribution in [0.1, 0.15) is 44.2 Å². The van der Waals surface area contributed by atoms with Crippen LogP contribution < -0.4 is 5.32 Å². The number of carbonyl (C=O) groups excluding carboxylic acids is 2. The van der Waals surface area contributed by atoms with E-state index >= 15 is 0 Å². The van der Waals surface area contributed by atoms with Crippen molar-refractivity contribution in [1.29, 1.82) is 0 Å². The Balaban J connectivity index is 1.65. The van der Waals surface area contributed by atoms with Gasteiger partial charge in [0.15, 0.2) is 10.9 Å². The first-order valence-electron chi connectivity index (χ1n) is 11.2. The number of amides is 1. The summed E-state index contributed by atoms with van der Waals surface area (Å²) in [5.41, 5.74) is -1.97. The molecule has 2 saturated heterocycles. The molecule has 4 aliphatic carbocycles. The predicted octanol–water partition coefficient (Wildman–Crippen LogP) is 1.14. The number of nitrogens with one attached hydrogen (secondary N) is 1. The number of ether oxygens (including phenoxy) is 1. The van der Waals surface area contributed by atoms with Crippen molar-refractivity contribution in [1.82, 2.24) is 4.98 Å². The molecule has 3 heterocycles. The first-order valence-corrected chi connectivity index (χ1v) is 12.0. The second kappa shape index (κ2) is 5.88. The molecular formula is C23H28N2O6S. The molecule has 1 aromatic rings. The van der Waals surface area contributed by atoms with E-state index in [4.69, 9.17) is 9.72 Å². The monoisotopic (exact) mass is 460 g/mol. The van der Waals surface area contributed by atoms with Gasteiger partial charge in [0.25, 0.3) is 0 Å². The van der Waals surface area contributed by atoms with Gasteiger partial charge in [0.05, 0.1) is 18.4 Å². The molecular weight excluding hydrogens is 432 g/mol. The van der Waals surface area contributed by atoms with Gasteiger partial charge in [0, 0.05) is 29.1 Å². The number of aliphatic hydroxyl groups is 3. The summed E-state index contributed by atoms with van der Waals surface area (Å²) in [6.45, 7) is 9.57. The van der Waals surface area contributed by atoms with E-state index in [9.17, 15) is 24.9 Å². The molecule has 0 radical (unpaired) electrons. The van der Waals surface area contributed by atoms with Gasteiger partial charge >= 0.3 is 0 Å².